The second-order valence-electron chi connectivity index (χ2n) is 6.68. The SMILES string of the molecule is O=C(NCCc1ccncc1)N1CCCCC1c1nc2ccccc2[nH]1. The first kappa shape index (κ1) is 16.6. The maximum absolute atomic E-state index is 12.7. The molecule has 0 saturated carbocycles. The number of aromatic amines is 1. The standard InChI is InChI=1S/C20H23N5O/c26-20(22-13-10-15-8-11-21-12-9-15)25-14-4-3-7-18(25)19-23-16-5-1-2-6-17(16)24-19/h1-2,5-6,8-9,11-12,18H,3-4,7,10,13-14H2,(H,22,26)(H,23,24). The summed E-state index contributed by atoms with van der Waals surface area (Å²) < 4.78 is 0. The van der Waals surface area contributed by atoms with Gasteiger partial charge in [0.25, 0.3) is 0 Å². The minimum absolute atomic E-state index is 0.00999. The molecule has 1 aliphatic rings. The molecule has 26 heavy (non-hydrogen) atoms. The molecule has 0 bridgehead atoms. The van der Waals surface area contributed by atoms with E-state index in [0.717, 1.165) is 49.1 Å². The molecule has 0 spiro atoms. The van der Waals surface area contributed by atoms with Crippen LogP contribution in [0.4, 0.5) is 4.79 Å². The van der Waals surface area contributed by atoms with E-state index >= 15 is 0 Å². The summed E-state index contributed by atoms with van der Waals surface area (Å²) in [5.41, 5.74) is 3.14. The summed E-state index contributed by atoms with van der Waals surface area (Å²) in [6, 6.07) is 12.0. The second kappa shape index (κ2) is 7.56. The monoisotopic (exact) mass is 349 g/mol. The van der Waals surface area contributed by atoms with Gasteiger partial charge in [-0.3, -0.25) is 4.98 Å². The third-order valence-corrected chi connectivity index (χ3v) is 4.93. The Bertz CT molecular complexity index is 843. The third-order valence-electron chi connectivity index (χ3n) is 4.93. The summed E-state index contributed by atoms with van der Waals surface area (Å²) in [4.78, 5) is 26.8. The number of hydrogen-bond acceptors (Lipinski definition) is 3. The normalized spacial score (nSPS) is 17.4. The number of nitrogens with zero attached hydrogens (tertiary/aromatic N) is 3. The Morgan fingerprint density at radius 3 is 2.88 bits per heavy atom. The number of carbonyl (C=O) groups excluding carboxylic acids is 1. The smallest absolute Gasteiger partial charge is 0.318 e. The number of imidazole rings is 1. The molecule has 1 aromatic carbocycles. The first-order valence-corrected chi connectivity index (χ1v) is 9.19. The number of amides is 2. The van der Waals surface area contributed by atoms with Gasteiger partial charge in [0, 0.05) is 25.5 Å². The Labute approximate surface area is 152 Å². The molecule has 3 heterocycles. The minimum Gasteiger partial charge on any atom is -0.340 e. The largest absolute Gasteiger partial charge is 0.340 e. The molecule has 134 valence electrons. The van der Waals surface area contributed by atoms with Crippen LogP contribution in [0, 0.1) is 0 Å². The lowest BCUT2D eigenvalue weighted by molar-refractivity contribution is 0.148. The maximum Gasteiger partial charge on any atom is 0.318 e. The molecular formula is C20H23N5O. The molecule has 1 atom stereocenters. The summed E-state index contributed by atoms with van der Waals surface area (Å²) >= 11 is 0. The van der Waals surface area contributed by atoms with Crippen molar-refractivity contribution in [2.24, 2.45) is 0 Å². The van der Waals surface area contributed by atoms with Gasteiger partial charge < -0.3 is 15.2 Å². The predicted octanol–water partition coefficient (Wildman–Crippen LogP) is 3.44. The summed E-state index contributed by atoms with van der Waals surface area (Å²) in [6.07, 6.45) is 7.45. The number of aromatic nitrogens is 3. The fraction of sp³-hybridized carbons (Fsp3) is 0.350. The van der Waals surface area contributed by atoms with Crippen molar-refractivity contribution in [2.45, 2.75) is 31.7 Å². The van der Waals surface area contributed by atoms with Gasteiger partial charge >= 0.3 is 6.03 Å². The van der Waals surface area contributed by atoms with Crippen molar-refractivity contribution < 1.29 is 4.79 Å². The van der Waals surface area contributed by atoms with E-state index in [1.54, 1.807) is 12.4 Å². The number of hydrogen-bond donors (Lipinski definition) is 2. The van der Waals surface area contributed by atoms with E-state index in [2.05, 4.69) is 15.3 Å². The molecule has 2 N–H and O–H groups in total. The average molecular weight is 349 g/mol. The number of likely N-dealkylation sites (tertiary alicyclic amines) is 1. The van der Waals surface area contributed by atoms with Crippen LogP contribution in [0.2, 0.25) is 0 Å². The van der Waals surface area contributed by atoms with Gasteiger partial charge in [0.15, 0.2) is 0 Å². The van der Waals surface area contributed by atoms with Crippen molar-refractivity contribution in [1.82, 2.24) is 25.2 Å². The lowest BCUT2D eigenvalue weighted by atomic mass is 10.0. The van der Waals surface area contributed by atoms with E-state index in [1.807, 2.05) is 41.3 Å². The summed E-state index contributed by atoms with van der Waals surface area (Å²) in [6.45, 7) is 1.38. The highest BCUT2D eigenvalue weighted by Crippen LogP contribution is 2.30. The molecule has 1 saturated heterocycles. The average Bonchev–Trinajstić information content (AvgIpc) is 3.13. The van der Waals surface area contributed by atoms with Gasteiger partial charge in [-0.05, 0) is 55.5 Å². The van der Waals surface area contributed by atoms with Crippen molar-refractivity contribution in [1.29, 1.82) is 0 Å². The number of nitrogens with one attached hydrogen (secondary N) is 2. The number of rotatable bonds is 4. The van der Waals surface area contributed by atoms with Crippen LogP contribution < -0.4 is 5.32 Å². The van der Waals surface area contributed by atoms with Crippen LogP contribution >= 0.6 is 0 Å². The van der Waals surface area contributed by atoms with E-state index in [1.165, 1.54) is 5.56 Å². The second-order valence-corrected chi connectivity index (χ2v) is 6.68. The Kier molecular flexibility index (Phi) is 4.82. The quantitative estimate of drug-likeness (QED) is 0.758. The number of pyridine rings is 1. The van der Waals surface area contributed by atoms with Crippen LogP contribution in [-0.4, -0.2) is 39.0 Å². The fourth-order valence-corrected chi connectivity index (χ4v) is 3.55. The predicted molar refractivity (Wildman–Crippen MR) is 101 cm³/mol. The summed E-state index contributed by atoms with van der Waals surface area (Å²) in [5.74, 6) is 0.884. The number of urea groups is 1. The van der Waals surface area contributed by atoms with Crippen molar-refractivity contribution in [3.8, 4) is 0 Å². The van der Waals surface area contributed by atoms with E-state index in [4.69, 9.17) is 4.98 Å². The number of fused-ring (bicyclic) bond motifs is 1. The molecule has 0 radical (unpaired) electrons. The van der Waals surface area contributed by atoms with Crippen LogP contribution in [0.5, 0.6) is 0 Å². The molecule has 0 aliphatic carbocycles. The van der Waals surface area contributed by atoms with Crippen LogP contribution in [0.3, 0.4) is 0 Å². The zero-order valence-corrected chi connectivity index (χ0v) is 14.7. The van der Waals surface area contributed by atoms with Gasteiger partial charge in [-0.15, -0.1) is 0 Å². The zero-order valence-electron chi connectivity index (χ0n) is 14.7. The number of para-hydroxylation sites is 2. The van der Waals surface area contributed by atoms with Gasteiger partial charge in [-0.1, -0.05) is 12.1 Å². The molecule has 2 amide bonds. The Morgan fingerprint density at radius 1 is 1.19 bits per heavy atom. The van der Waals surface area contributed by atoms with Gasteiger partial charge in [0.05, 0.1) is 17.1 Å². The van der Waals surface area contributed by atoms with Crippen LogP contribution in [-0.2, 0) is 6.42 Å². The summed E-state index contributed by atoms with van der Waals surface area (Å²) in [5, 5.41) is 3.06. The van der Waals surface area contributed by atoms with E-state index in [-0.39, 0.29) is 12.1 Å². The topological polar surface area (TPSA) is 73.9 Å². The fourth-order valence-electron chi connectivity index (χ4n) is 3.55. The molecule has 6 nitrogen and oxygen atoms in total. The molecule has 4 rings (SSSR count). The Hall–Kier alpha value is -2.89. The third kappa shape index (κ3) is 3.54. The van der Waals surface area contributed by atoms with Crippen molar-refractivity contribution >= 4 is 17.1 Å². The molecule has 6 heteroatoms. The van der Waals surface area contributed by atoms with Crippen LogP contribution in [0.15, 0.2) is 48.8 Å². The van der Waals surface area contributed by atoms with Gasteiger partial charge in [-0.2, -0.15) is 0 Å². The number of benzene rings is 1. The highest BCUT2D eigenvalue weighted by Gasteiger charge is 2.30. The molecule has 1 fully saturated rings. The van der Waals surface area contributed by atoms with Crippen molar-refractivity contribution in [2.75, 3.05) is 13.1 Å². The molecular weight excluding hydrogens is 326 g/mol. The Morgan fingerprint density at radius 2 is 2.04 bits per heavy atom. The van der Waals surface area contributed by atoms with Gasteiger partial charge in [0.2, 0.25) is 0 Å². The zero-order chi connectivity index (χ0) is 17.8. The van der Waals surface area contributed by atoms with Crippen molar-refractivity contribution in [3.63, 3.8) is 0 Å². The maximum atomic E-state index is 12.7. The molecule has 1 unspecified atom stereocenters. The first-order valence-electron chi connectivity index (χ1n) is 9.19. The van der Waals surface area contributed by atoms with E-state index in [9.17, 15) is 4.79 Å². The highest BCUT2D eigenvalue weighted by atomic mass is 16.2. The Balaban J connectivity index is 1.43. The first-order chi connectivity index (χ1) is 12.8. The molecule has 1 aliphatic heterocycles. The number of piperidine rings is 1. The lowest BCUT2D eigenvalue weighted by Gasteiger charge is -2.34. The lowest BCUT2D eigenvalue weighted by Crippen LogP contribution is -2.45. The summed E-state index contributed by atoms with van der Waals surface area (Å²) in [7, 11) is 0. The van der Waals surface area contributed by atoms with E-state index in [0.29, 0.717) is 6.54 Å². The van der Waals surface area contributed by atoms with Crippen LogP contribution in [0.25, 0.3) is 11.0 Å². The number of carbonyl (C=O) groups is 1. The van der Waals surface area contributed by atoms with Crippen LogP contribution in [0.1, 0.15) is 36.7 Å². The van der Waals surface area contributed by atoms with E-state index < -0.39 is 0 Å². The highest BCUT2D eigenvalue weighted by molar-refractivity contribution is 5.76. The van der Waals surface area contributed by atoms with Gasteiger partial charge in [-0.25, -0.2) is 9.78 Å². The minimum atomic E-state index is -0.00999. The van der Waals surface area contributed by atoms with Gasteiger partial charge in [0.1, 0.15) is 5.82 Å². The molecule has 2 aromatic heterocycles. The van der Waals surface area contributed by atoms with Crippen molar-refractivity contribution in [3.05, 3.63) is 60.2 Å². The number of H-pyrrole nitrogens is 1. The molecule has 3 aromatic rings.